The van der Waals surface area contributed by atoms with Crippen LogP contribution in [-0.2, 0) is 13.0 Å². The minimum absolute atomic E-state index is 0.0446. The lowest BCUT2D eigenvalue weighted by Gasteiger charge is -2.37. The summed E-state index contributed by atoms with van der Waals surface area (Å²) in [5.74, 6) is -0.132. The molecule has 1 aromatic rings. The van der Waals surface area contributed by atoms with Crippen LogP contribution in [0.3, 0.4) is 0 Å². The Morgan fingerprint density at radius 2 is 0.839 bits per heavy atom. The van der Waals surface area contributed by atoms with Crippen molar-refractivity contribution in [3.63, 3.8) is 0 Å². The lowest BCUT2D eigenvalue weighted by atomic mass is 9.87. The Labute approximate surface area is 256 Å². The lowest BCUT2D eigenvalue weighted by Crippen LogP contribution is -2.36. The van der Waals surface area contributed by atoms with E-state index in [2.05, 4.69) is 0 Å². The highest BCUT2D eigenvalue weighted by Crippen LogP contribution is 2.61. The van der Waals surface area contributed by atoms with Crippen LogP contribution in [0.1, 0.15) is 36.1 Å². The maximum absolute atomic E-state index is 6.48. The first-order chi connectivity index (χ1) is 13.4. The standard InChI is InChI=1S/C16H10Cl15/c1-6(2)3-8-9(12(19,20)15(26,27)28)4-7(11(17,18)14(23,24)25)5-10(8)13(21,22)16(29,30)31/h3-6H,1-2H3. The lowest BCUT2D eigenvalue weighted by molar-refractivity contribution is 0.743. The molecule has 0 aromatic heterocycles. The normalized spacial score (nSPS) is 15.0. The molecule has 31 heavy (non-hydrogen) atoms. The van der Waals surface area contributed by atoms with E-state index in [4.69, 9.17) is 174 Å². The van der Waals surface area contributed by atoms with E-state index in [0.717, 1.165) is 0 Å². The molecule has 0 fully saturated rings. The summed E-state index contributed by atoms with van der Waals surface area (Å²) in [5.41, 5.74) is 0.0233. The first-order valence-corrected chi connectivity index (χ1v) is 13.4. The molecule has 1 rings (SSSR count). The zero-order valence-electron chi connectivity index (χ0n) is 15.0. The van der Waals surface area contributed by atoms with Gasteiger partial charge in [-0.1, -0.05) is 188 Å². The molecule has 0 saturated carbocycles. The summed E-state index contributed by atoms with van der Waals surface area (Å²) in [5, 5.41) is 0. The second-order valence-electron chi connectivity index (χ2n) is 6.61. The smallest absolute Gasteiger partial charge is 0.0915 e. The van der Waals surface area contributed by atoms with E-state index in [-0.39, 0.29) is 28.2 Å². The van der Waals surface area contributed by atoms with Gasteiger partial charge in [0.25, 0.3) is 0 Å². The van der Waals surface area contributed by atoms with E-state index in [1.54, 1.807) is 6.42 Å². The zero-order chi connectivity index (χ0) is 25.0. The van der Waals surface area contributed by atoms with Gasteiger partial charge in [0.15, 0.2) is 13.0 Å². The third-order valence-corrected chi connectivity index (χ3v) is 11.0. The maximum Gasteiger partial charge on any atom is 0.227 e. The van der Waals surface area contributed by atoms with Crippen LogP contribution in [0.25, 0.3) is 0 Å². The summed E-state index contributed by atoms with van der Waals surface area (Å²) in [7, 11) is 0. The van der Waals surface area contributed by atoms with Crippen LogP contribution < -0.4 is 0 Å². The molecular formula is C16H10Cl15. The number of benzene rings is 1. The molecule has 0 aliphatic rings. The molecule has 0 heterocycles. The van der Waals surface area contributed by atoms with Crippen LogP contribution in [0.5, 0.6) is 0 Å². The highest BCUT2D eigenvalue weighted by atomic mass is 35.6. The largest absolute Gasteiger partial charge is 0.227 e. The molecule has 0 nitrogen and oxygen atoms in total. The van der Waals surface area contributed by atoms with Crippen LogP contribution in [0.4, 0.5) is 0 Å². The average Bonchev–Trinajstić information content (AvgIpc) is 2.50. The van der Waals surface area contributed by atoms with Gasteiger partial charge in [-0.2, -0.15) is 0 Å². The summed E-state index contributed by atoms with van der Waals surface area (Å²) < 4.78 is -13.4. The van der Waals surface area contributed by atoms with Gasteiger partial charge in [0.1, 0.15) is 0 Å². The predicted octanol–water partition coefficient (Wildman–Crippen LogP) is 11.9. The summed E-state index contributed by atoms with van der Waals surface area (Å²) in [4.78, 5) is 0. The van der Waals surface area contributed by atoms with E-state index in [9.17, 15) is 0 Å². The molecule has 0 unspecified atom stereocenters. The van der Waals surface area contributed by atoms with Crippen LogP contribution in [-0.4, -0.2) is 11.4 Å². The summed E-state index contributed by atoms with van der Waals surface area (Å²) >= 11 is 92.8. The van der Waals surface area contributed by atoms with Gasteiger partial charge in [-0.05, 0) is 46.7 Å². The third kappa shape index (κ3) is 7.12. The van der Waals surface area contributed by atoms with Gasteiger partial charge < -0.3 is 0 Å². The monoisotopic (exact) mass is 727 g/mol. The quantitative estimate of drug-likeness (QED) is 0.264. The van der Waals surface area contributed by atoms with E-state index in [0.29, 0.717) is 0 Å². The second kappa shape index (κ2) is 10.7. The summed E-state index contributed by atoms with van der Waals surface area (Å²) in [6.45, 7) is 3.66. The van der Waals surface area contributed by atoms with Crippen molar-refractivity contribution in [2.45, 2.75) is 38.2 Å². The molecule has 0 bridgehead atoms. The Balaban J connectivity index is 4.25. The van der Waals surface area contributed by atoms with Crippen molar-refractivity contribution < 1.29 is 0 Å². The minimum atomic E-state index is -2.27. The van der Waals surface area contributed by atoms with E-state index < -0.39 is 24.4 Å². The van der Waals surface area contributed by atoms with Gasteiger partial charge in [0, 0.05) is 0 Å². The van der Waals surface area contributed by atoms with Crippen LogP contribution in [0.15, 0.2) is 12.1 Å². The van der Waals surface area contributed by atoms with Gasteiger partial charge in [-0.3, -0.25) is 0 Å². The molecule has 1 aromatic carbocycles. The molecule has 0 aliphatic heterocycles. The molecule has 0 spiro atoms. The number of alkyl halides is 15. The fourth-order valence-corrected chi connectivity index (χ4v) is 4.12. The predicted molar refractivity (Wildman–Crippen MR) is 146 cm³/mol. The minimum Gasteiger partial charge on any atom is -0.0915 e. The van der Waals surface area contributed by atoms with E-state index in [1.165, 1.54) is 12.1 Å². The van der Waals surface area contributed by atoms with Crippen LogP contribution in [0.2, 0.25) is 0 Å². The second-order valence-corrected chi connectivity index (χ2v) is 17.4. The van der Waals surface area contributed by atoms with Gasteiger partial charge in [-0.15, -0.1) is 0 Å². The van der Waals surface area contributed by atoms with Crippen molar-refractivity contribution in [2.75, 3.05) is 0 Å². The number of hydrogen-bond donors (Lipinski definition) is 0. The molecular weight excluding hydrogens is 724 g/mol. The molecule has 179 valence electrons. The highest BCUT2D eigenvalue weighted by molar-refractivity contribution is 6.77. The Kier molecular flexibility index (Phi) is 11.3. The molecule has 1 radical (unpaired) electrons. The molecule has 15 heteroatoms. The summed E-state index contributed by atoms with van der Waals surface area (Å²) in [6, 6.07) is 2.56. The topological polar surface area (TPSA) is 0 Å². The molecule has 0 aliphatic carbocycles. The zero-order valence-corrected chi connectivity index (χ0v) is 26.3. The van der Waals surface area contributed by atoms with Crippen molar-refractivity contribution in [3.8, 4) is 0 Å². The molecule has 0 N–H and O–H groups in total. The molecule has 0 atom stereocenters. The van der Waals surface area contributed by atoms with Gasteiger partial charge in [0.2, 0.25) is 11.4 Å². The van der Waals surface area contributed by atoms with Gasteiger partial charge >= 0.3 is 0 Å². The van der Waals surface area contributed by atoms with E-state index in [1.807, 2.05) is 13.8 Å². The van der Waals surface area contributed by atoms with Crippen LogP contribution in [0, 0.1) is 12.3 Å². The van der Waals surface area contributed by atoms with Gasteiger partial charge in [0.05, 0.1) is 0 Å². The number of rotatable bonds is 5. The Morgan fingerprint density at radius 3 is 1.06 bits per heavy atom. The Morgan fingerprint density at radius 1 is 0.548 bits per heavy atom. The van der Waals surface area contributed by atoms with E-state index >= 15 is 0 Å². The fraction of sp³-hybridized carbons (Fsp3) is 0.562. The Bertz CT molecular complexity index is 746. The van der Waals surface area contributed by atoms with Crippen molar-refractivity contribution >= 4 is 174 Å². The highest BCUT2D eigenvalue weighted by Gasteiger charge is 2.55. The number of hydrogen-bond acceptors (Lipinski definition) is 0. The van der Waals surface area contributed by atoms with Crippen molar-refractivity contribution in [2.24, 2.45) is 5.92 Å². The van der Waals surface area contributed by atoms with Gasteiger partial charge in [-0.25, -0.2) is 0 Å². The average molecular weight is 734 g/mol. The molecule has 0 saturated heterocycles. The van der Waals surface area contributed by atoms with Crippen LogP contribution >= 0.6 is 174 Å². The van der Waals surface area contributed by atoms with Crippen molar-refractivity contribution in [1.29, 1.82) is 0 Å². The van der Waals surface area contributed by atoms with Crippen molar-refractivity contribution in [3.05, 3.63) is 40.8 Å². The fourth-order valence-electron chi connectivity index (χ4n) is 2.34. The first kappa shape index (κ1) is 32.6. The number of halogens is 15. The Hall–Kier alpha value is 3.57. The van der Waals surface area contributed by atoms with Crippen molar-refractivity contribution in [1.82, 2.24) is 0 Å². The third-order valence-electron chi connectivity index (χ3n) is 3.79. The summed E-state index contributed by atoms with van der Waals surface area (Å²) in [6.07, 6.45) is 1.65. The SMILES string of the molecule is CC(C)[CH]c1c(C(Cl)(Cl)C(Cl)(Cl)Cl)cc(C(Cl)(Cl)C(Cl)(Cl)Cl)cc1C(Cl)(Cl)C(Cl)(Cl)Cl. The molecule has 0 amide bonds. The maximum atomic E-state index is 6.48. The first-order valence-electron chi connectivity index (χ1n) is 7.77.